The summed E-state index contributed by atoms with van der Waals surface area (Å²) in [7, 11) is 0. The molecule has 0 aliphatic carbocycles. The fourth-order valence-corrected chi connectivity index (χ4v) is 1.94. The Morgan fingerprint density at radius 1 is 1.35 bits per heavy atom. The molecule has 0 saturated heterocycles. The molecule has 1 unspecified atom stereocenters. The van der Waals surface area contributed by atoms with E-state index >= 15 is 0 Å². The molecule has 7 heteroatoms. The molecule has 1 heterocycles. The van der Waals surface area contributed by atoms with Crippen LogP contribution in [0.15, 0.2) is 18.2 Å². The molecule has 0 saturated carbocycles. The molecule has 110 valence electrons. The van der Waals surface area contributed by atoms with E-state index in [0.717, 1.165) is 0 Å². The first-order chi connectivity index (χ1) is 9.32. The molecule has 20 heavy (non-hydrogen) atoms. The fraction of sp³-hybridized carbons (Fsp3) is 0.462. The van der Waals surface area contributed by atoms with Crippen molar-refractivity contribution in [3.8, 4) is 11.5 Å². The van der Waals surface area contributed by atoms with Gasteiger partial charge in [-0.1, -0.05) is 13.8 Å². The molecule has 2 rings (SSSR count). The summed E-state index contributed by atoms with van der Waals surface area (Å²) in [4.78, 5) is 12.0. The largest absolute Gasteiger partial charge is 0.586 e. The number of halogens is 2. The van der Waals surface area contributed by atoms with E-state index in [2.05, 4.69) is 14.8 Å². The number of rotatable bonds is 4. The second kappa shape index (κ2) is 5.24. The van der Waals surface area contributed by atoms with Gasteiger partial charge in [0.2, 0.25) is 5.91 Å². The molecule has 1 aliphatic rings. The third-order valence-electron chi connectivity index (χ3n) is 3.06. The molecule has 0 fully saturated rings. The number of carbonyl (C=O) groups excluding carboxylic acids is 1. The third-order valence-corrected chi connectivity index (χ3v) is 3.06. The van der Waals surface area contributed by atoms with Crippen LogP contribution in [-0.2, 0) is 4.79 Å². The zero-order valence-electron chi connectivity index (χ0n) is 11.2. The predicted molar refractivity (Wildman–Crippen MR) is 68.7 cm³/mol. The summed E-state index contributed by atoms with van der Waals surface area (Å²) in [5, 5.41) is 2.63. The van der Waals surface area contributed by atoms with Gasteiger partial charge < -0.3 is 20.5 Å². The van der Waals surface area contributed by atoms with Gasteiger partial charge in [0.15, 0.2) is 11.5 Å². The van der Waals surface area contributed by atoms with Crippen LogP contribution in [0.1, 0.15) is 13.8 Å². The molecule has 1 atom stereocenters. The molecular formula is C13H16F2N2O3. The smallest absolute Gasteiger partial charge is 0.395 e. The number of hydrogen-bond donors (Lipinski definition) is 2. The molecule has 1 aromatic rings. The van der Waals surface area contributed by atoms with Gasteiger partial charge in [0, 0.05) is 18.3 Å². The molecule has 0 radical (unpaired) electrons. The van der Waals surface area contributed by atoms with Crippen LogP contribution in [0, 0.1) is 11.8 Å². The molecule has 0 spiro atoms. The summed E-state index contributed by atoms with van der Waals surface area (Å²) in [6.45, 7) is 3.99. The summed E-state index contributed by atoms with van der Waals surface area (Å²) < 4.78 is 34.3. The van der Waals surface area contributed by atoms with Crippen LogP contribution >= 0.6 is 0 Å². The first kappa shape index (κ1) is 14.5. The van der Waals surface area contributed by atoms with Crippen LogP contribution in [0.3, 0.4) is 0 Å². The second-order valence-corrected chi connectivity index (χ2v) is 4.90. The van der Waals surface area contributed by atoms with E-state index in [1.807, 2.05) is 13.8 Å². The Morgan fingerprint density at radius 3 is 2.60 bits per heavy atom. The third kappa shape index (κ3) is 2.98. The van der Waals surface area contributed by atoms with Crippen LogP contribution in [0.5, 0.6) is 11.5 Å². The monoisotopic (exact) mass is 286 g/mol. The van der Waals surface area contributed by atoms with Crippen molar-refractivity contribution < 1.29 is 23.0 Å². The van der Waals surface area contributed by atoms with E-state index < -0.39 is 6.29 Å². The maximum atomic E-state index is 12.9. The van der Waals surface area contributed by atoms with Crippen molar-refractivity contribution in [1.29, 1.82) is 0 Å². The average Bonchev–Trinajstić information content (AvgIpc) is 2.62. The van der Waals surface area contributed by atoms with Gasteiger partial charge in [0.25, 0.3) is 0 Å². The van der Waals surface area contributed by atoms with Crippen molar-refractivity contribution in [2.24, 2.45) is 17.6 Å². The zero-order valence-corrected chi connectivity index (χ0v) is 11.2. The summed E-state index contributed by atoms with van der Waals surface area (Å²) in [6, 6.07) is 4.08. The van der Waals surface area contributed by atoms with Crippen molar-refractivity contribution in [3.63, 3.8) is 0 Å². The highest BCUT2D eigenvalue weighted by atomic mass is 19.3. The van der Waals surface area contributed by atoms with Crippen molar-refractivity contribution in [3.05, 3.63) is 18.2 Å². The average molecular weight is 286 g/mol. The minimum Gasteiger partial charge on any atom is -0.395 e. The Kier molecular flexibility index (Phi) is 3.80. The van der Waals surface area contributed by atoms with E-state index in [1.165, 1.54) is 18.2 Å². The van der Waals surface area contributed by atoms with Crippen molar-refractivity contribution in [2.75, 3.05) is 11.9 Å². The van der Waals surface area contributed by atoms with Gasteiger partial charge in [-0.2, -0.15) is 0 Å². The summed E-state index contributed by atoms with van der Waals surface area (Å²) in [5.74, 6) is -0.692. The Balaban J connectivity index is 2.11. The predicted octanol–water partition coefficient (Wildman–Crippen LogP) is 2.18. The molecule has 0 aromatic heterocycles. The van der Waals surface area contributed by atoms with Crippen LogP contribution in [-0.4, -0.2) is 18.7 Å². The van der Waals surface area contributed by atoms with E-state index in [4.69, 9.17) is 5.73 Å². The highest BCUT2D eigenvalue weighted by Gasteiger charge is 2.43. The van der Waals surface area contributed by atoms with Gasteiger partial charge in [-0.15, -0.1) is 8.78 Å². The van der Waals surface area contributed by atoms with E-state index in [-0.39, 0.29) is 35.8 Å². The number of alkyl halides is 2. The molecule has 1 amide bonds. The van der Waals surface area contributed by atoms with Gasteiger partial charge in [0.05, 0.1) is 5.92 Å². The Hall–Kier alpha value is -1.89. The summed E-state index contributed by atoms with van der Waals surface area (Å²) in [6.07, 6.45) is -3.66. The van der Waals surface area contributed by atoms with Crippen LogP contribution in [0.25, 0.3) is 0 Å². The lowest BCUT2D eigenvalue weighted by atomic mass is 9.95. The summed E-state index contributed by atoms with van der Waals surface area (Å²) in [5.41, 5.74) is 5.91. The molecule has 5 nitrogen and oxygen atoms in total. The topological polar surface area (TPSA) is 73.6 Å². The number of carbonyl (C=O) groups is 1. The van der Waals surface area contributed by atoms with Gasteiger partial charge >= 0.3 is 6.29 Å². The zero-order chi connectivity index (χ0) is 14.9. The summed E-state index contributed by atoms with van der Waals surface area (Å²) >= 11 is 0. The Bertz CT molecular complexity index is 520. The minimum absolute atomic E-state index is 0.0627. The lowest BCUT2D eigenvalue weighted by Crippen LogP contribution is -2.33. The maximum Gasteiger partial charge on any atom is 0.586 e. The van der Waals surface area contributed by atoms with Crippen LogP contribution < -0.4 is 20.5 Å². The first-order valence-corrected chi connectivity index (χ1v) is 6.23. The molecular weight excluding hydrogens is 270 g/mol. The van der Waals surface area contributed by atoms with Gasteiger partial charge in [0.1, 0.15) is 0 Å². The number of nitrogens with two attached hydrogens (primary N) is 1. The maximum absolute atomic E-state index is 12.9. The van der Waals surface area contributed by atoms with E-state index in [9.17, 15) is 13.6 Å². The lowest BCUT2D eigenvalue weighted by Gasteiger charge is -2.18. The van der Waals surface area contributed by atoms with Crippen molar-refractivity contribution >= 4 is 11.6 Å². The number of benzene rings is 1. The quantitative estimate of drug-likeness (QED) is 0.889. The first-order valence-electron chi connectivity index (χ1n) is 6.23. The standard InChI is InChI=1S/C13H16F2N2O3/c1-7(2)9(6-16)12(18)17-8-3-4-10-11(5-8)20-13(14,15)19-10/h3-5,7,9H,6,16H2,1-2H3,(H,17,18). The second-order valence-electron chi connectivity index (χ2n) is 4.90. The number of ether oxygens (including phenoxy) is 2. The van der Waals surface area contributed by atoms with E-state index in [0.29, 0.717) is 5.69 Å². The highest BCUT2D eigenvalue weighted by molar-refractivity contribution is 5.93. The Morgan fingerprint density at radius 2 is 2.00 bits per heavy atom. The van der Waals surface area contributed by atoms with Gasteiger partial charge in [-0.05, 0) is 18.1 Å². The van der Waals surface area contributed by atoms with Crippen LogP contribution in [0.4, 0.5) is 14.5 Å². The number of nitrogens with one attached hydrogen (secondary N) is 1. The minimum atomic E-state index is -3.66. The SMILES string of the molecule is CC(C)C(CN)C(=O)Nc1ccc2c(c1)OC(F)(F)O2. The number of amides is 1. The number of fused-ring (bicyclic) bond motifs is 1. The van der Waals surface area contributed by atoms with Gasteiger partial charge in [-0.3, -0.25) is 4.79 Å². The molecule has 1 aromatic carbocycles. The molecule has 1 aliphatic heterocycles. The lowest BCUT2D eigenvalue weighted by molar-refractivity contribution is -0.286. The molecule has 3 N–H and O–H groups in total. The van der Waals surface area contributed by atoms with Crippen LogP contribution in [0.2, 0.25) is 0 Å². The van der Waals surface area contributed by atoms with Crippen molar-refractivity contribution in [1.82, 2.24) is 0 Å². The number of anilines is 1. The fourth-order valence-electron chi connectivity index (χ4n) is 1.94. The van der Waals surface area contributed by atoms with Gasteiger partial charge in [-0.25, -0.2) is 0 Å². The normalized spacial score (nSPS) is 17.1. The Labute approximate surface area is 115 Å². The highest BCUT2D eigenvalue weighted by Crippen LogP contribution is 2.42. The van der Waals surface area contributed by atoms with Crippen molar-refractivity contribution in [2.45, 2.75) is 20.1 Å². The van der Waals surface area contributed by atoms with E-state index in [1.54, 1.807) is 0 Å². The number of hydrogen-bond acceptors (Lipinski definition) is 4. The molecule has 0 bridgehead atoms.